The Labute approximate surface area is 161 Å². The predicted octanol–water partition coefficient (Wildman–Crippen LogP) is 2.57. The molecule has 0 aliphatic carbocycles. The van der Waals surface area contributed by atoms with Crippen LogP contribution in [0, 0.1) is 0 Å². The highest BCUT2D eigenvalue weighted by Crippen LogP contribution is 2.25. The third-order valence-corrected chi connectivity index (χ3v) is 3.69. The van der Waals surface area contributed by atoms with E-state index in [0.717, 1.165) is 5.69 Å². The number of nitrogens with one attached hydrogen (secondary N) is 1. The zero-order chi connectivity index (χ0) is 19.9. The van der Waals surface area contributed by atoms with Gasteiger partial charge in [-0.1, -0.05) is 18.2 Å². The van der Waals surface area contributed by atoms with Gasteiger partial charge in [0.25, 0.3) is 0 Å². The first kappa shape index (κ1) is 18.9. The van der Waals surface area contributed by atoms with Gasteiger partial charge >= 0.3 is 5.97 Å². The van der Waals surface area contributed by atoms with E-state index < -0.39 is 5.97 Å². The van der Waals surface area contributed by atoms with Gasteiger partial charge in [-0.15, -0.1) is 0 Å². The Morgan fingerprint density at radius 2 is 1.82 bits per heavy atom. The number of para-hydroxylation sites is 1. The zero-order valence-corrected chi connectivity index (χ0v) is 15.4. The smallest absolute Gasteiger partial charge is 0.342 e. The number of nitrogens with two attached hydrogens (primary N) is 1. The summed E-state index contributed by atoms with van der Waals surface area (Å²) >= 11 is 0. The van der Waals surface area contributed by atoms with Gasteiger partial charge in [-0.05, 0) is 30.3 Å². The summed E-state index contributed by atoms with van der Waals surface area (Å²) < 4.78 is 15.6. The van der Waals surface area contributed by atoms with E-state index in [1.165, 1.54) is 20.3 Å². The van der Waals surface area contributed by atoms with Crippen molar-refractivity contribution in [2.75, 3.05) is 25.3 Å². The third-order valence-electron chi connectivity index (χ3n) is 3.69. The Morgan fingerprint density at radius 3 is 2.54 bits per heavy atom. The molecule has 0 atom stereocenters. The normalized spacial score (nSPS) is 10.2. The molecule has 0 aliphatic heterocycles. The molecule has 2 aromatic carbocycles. The highest BCUT2D eigenvalue weighted by molar-refractivity contribution is 5.93. The van der Waals surface area contributed by atoms with Crippen molar-refractivity contribution >= 4 is 23.6 Å². The Morgan fingerprint density at radius 1 is 1.04 bits per heavy atom. The van der Waals surface area contributed by atoms with E-state index in [2.05, 4.69) is 20.3 Å². The number of ether oxygens (including phenoxy) is 3. The van der Waals surface area contributed by atoms with Crippen LogP contribution in [-0.2, 0) is 11.3 Å². The second kappa shape index (κ2) is 8.67. The highest BCUT2D eigenvalue weighted by Gasteiger charge is 2.16. The fourth-order valence-corrected chi connectivity index (χ4v) is 2.39. The third kappa shape index (κ3) is 4.64. The van der Waals surface area contributed by atoms with E-state index in [1.54, 1.807) is 12.1 Å². The molecule has 144 valence electrons. The van der Waals surface area contributed by atoms with Gasteiger partial charge in [-0.2, -0.15) is 15.0 Å². The first-order chi connectivity index (χ1) is 13.6. The van der Waals surface area contributed by atoms with Crippen molar-refractivity contribution in [3.63, 3.8) is 0 Å². The summed E-state index contributed by atoms with van der Waals surface area (Å²) in [6.07, 6.45) is 0. The summed E-state index contributed by atoms with van der Waals surface area (Å²) in [4.78, 5) is 24.7. The van der Waals surface area contributed by atoms with Gasteiger partial charge in [0, 0.05) is 5.69 Å². The first-order valence-corrected chi connectivity index (χ1v) is 8.30. The van der Waals surface area contributed by atoms with E-state index in [4.69, 9.17) is 19.9 Å². The molecule has 9 nitrogen and oxygen atoms in total. The number of benzene rings is 2. The van der Waals surface area contributed by atoms with Gasteiger partial charge in [0.05, 0.1) is 14.2 Å². The molecule has 0 radical (unpaired) electrons. The summed E-state index contributed by atoms with van der Waals surface area (Å²) in [5, 5.41) is 3.02. The maximum atomic E-state index is 12.5. The van der Waals surface area contributed by atoms with Crippen LogP contribution in [0.15, 0.2) is 48.5 Å². The van der Waals surface area contributed by atoms with Crippen molar-refractivity contribution in [1.82, 2.24) is 15.0 Å². The number of hydrogen-bond donors (Lipinski definition) is 2. The van der Waals surface area contributed by atoms with Gasteiger partial charge in [-0.3, -0.25) is 0 Å². The molecule has 0 fully saturated rings. The Bertz CT molecular complexity index is 966. The lowest BCUT2D eigenvalue weighted by atomic mass is 10.2. The number of carbonyl (C=O) groups excluding carboxylic acids is 1. The predicted molar refractivity (Wildman–Crippen MR) is 103 cm³/mol. The summed E-state index contributed by atoms with van der Waals surface area (Å²) in [5.41, 5.74) is 6.75. The van der Waals surface area contributed by atoms with Crippen molar-refractivity contribution in [3.8, 4) is 11.5 Å². The average Bonchev–Trinajstić information content (AvgIpc) is 2.72. The van der Waals surface area contributed by atoms with Crippen molar-refractivity contribution in [3.05, 3.63) is 59.9 Å². The molecule has 1 heterocycles. The number of esters is 1. The molecule has 0 amide bonds. The highest BCUT2D eigenvalue weighted by atomic mass is 16.5. The van der Waals surface area contributed by atoms with Crippen LogP contribution < -0.4 is 20.5 Å². The number of rotatable bonds is 7. The van der Waals surface area contributed by atoms with E-state index >= 15 is 0 Å². The number of nitrogens with zero attached hydrogens (tertiary/aromatic N) is 3. The zero-order valence-electron chi connectivity index (χ0n) is 15.4. The molecule has 0 bridgehead atoms. The fraction of sp³-hybridized carbons (Fsp3) is 0.158. The molecule has 3 N–H and O–H groups in total. The van der Waals surface area contributed by atoms with Gasteiger partial charge in [0.2, 0.25) is 11.9 Å². The van der Waals surface area contributed by atoms with Crippen LogP contribution in [0.1, 0.15) is 16.2 Å². The van der Waals surface area contributed by atoms with Crippen LogP contribution >= 0.6 is 0 Å². The second-order valence-electron chi connectivity index (χ2n) is 5.57. The summed E-state index contributed by atoms with van der Waals surface area (Å²) in [6.45, 7) is -0.185. The fourth-order valence-electron chi connectivity index (χ4n) is 2.39. The molecular formula is C19H19N5O4. The van der Waals surface area contributed by atoms with Gasteiger partial charge < -0.3 is 25.3 Å². The van der Waals surface area contributed by atoms with E-state index in [1.807, 2.05) is 30.3 Å². The van der Waals surface area contributed by atoms with Crippen LogP contribution in [-0.4, -0.2) is 35.1 Å². The van der Waals surface area contributed by atoms with Crippen LogP contribution in [0.5, 0.6) is 11.5 Å². The lowest BCUT2D eigenvalue weighted by molar-refractivity contribution is 0.0458. The van der Waals surface area contributed by atoms with Crippen LogP contribution in [0.2, 0.25) is 0 Å². The average molecular weight is 381 g/mol. The van der Waals surface area contributed by atoms with Crippen molar-refractivity contribution < 1.29 is 19.0 Å². The lowest BCUT2D eigenvalue weighted by Gasteiger charge is -2.11. The standard InChI is InChI=1S/C19H19N5O4/c1-26-13-8-9-15(27-2)14(10-13)17(25)28-11-16-22-18(20)24-19(23-16)21-12-6-4-3-5-7-12/h3-10H,11H2,1-2H3,(H3,20,21,22,23,24). The Kier molecular flexibility index (Phi) is 5.85. The topological polar surface area (TPSA) is 121 Å². The maximum Gasteiger partial charge on any atom is 0.342 e. The largest absolute Gasteiger partial charge is 0.497 e. The molecule has 1 aromatic heterocycles. The molecule has 0 saturated heterocycles. The van der Waals surface area contributed by atoms with Gasteiger partial charge in [0.1, 0.15) is 17.1 Å². The van der Waals surface area contributed by atoms with Crippen LogP contribution in [0.25, 0.3) is 0 Å². The Hall–Kier alpha value is -3.88. The quantitative estimate of drug-likeness (QED) is 0.595. The van der Waals surface area contributed by atoms with E-state index in [-0.39, 0.29) is 29.9 Å². The number of aromatic nitrogens is 3. The van der Waals surface area contributed by atoms with Crippen molar-refractivity contribution in [2.24, 2.45) is 0 Å². The number of carbonyl (C=O) groups is 1. The van der Waals surface area contributed by atoms with E-state index in [0.29, 0.717) is 11.5 Å². The van der Waals surface area contributed by atoms with Crippen molar-refractivity contribution in [1.29, 1.82) is 0 Å². The van der Waals surface area contributed by atoms with Crippen LogP contribution in [0.4, 0.5) is 17.6 Å². The summed E-state index contributed by atoms with van der Waals surface area (Å²) in [7, 11) is 2.97. The molecule has 0 unspecified atom stereocenters. The number of methoxy groups -OCH3 is 2. The second-order valence-corrected chi connectivity index (χ2v) is 5.57. The lowest BCUT2D eigenvalue weighted by Crippen LogP contribution is -2.12. The SMILES string of the molecule is COc1ccc(OC)c(C(=O)OCc2nc(N)nc(Nc3ccccc3)n2)c1. The van der Waals surface area contributed by atoms with Crippen molar-refractivity contribution in [2.45, 2.75) is 6.61 Å². The number of anilines is 3. The molecule has 3 aromatic rings. The van der Waals surface area contributed by atoms with Crippen LogP contribution in [0.3, 0.4) is 0 Å². The monoisotopic (exact) mass is 381 g/mol. The minimum absolute atomic E-state index is 0.0124. The molecule has 0 saturated carbocycles. The molecule has 3 rings (SSSR count). The summed E-state index contributed by atoms with van der Waals surface area (Å²) in [5.74, 6) is 0.745. The summed E-state index contributed by atoms with van der Waals surface area (Å²) in [6, 6.07) is 14.2. The number of nitrogen functional groups attached to an aromatic ring is 1. The molecule has 0 aliphatic rings. The first-order valence-electron chi connectivity index (χ1n) is 8.30. The van der Waals surface area contributed by atoms with Gasteiger partial charge in [-0.25, -0.2) is 4.79 Å². The van der Waals surface area contributed by atoms with Gasteiger partial charge in [0.15, 0.2) is 12.4 Å². The molecular weight excluding hydrogens is 362 g/mol. The van der Waals surface area contributed by atoms with E-state index in [9.17, 15) is 4.79 Å². The number of hydrogen-bond acceptors (Lipinski definition) is 9. The Balaban J connectivity index is 1.73. The molecule has 9 heteroatoms. The molecule has 28 heavy (non-hydrogen) atoms. The maximum absolute atomic E-state index is 12.5. The molecule has 0 spiro atoms. The minimum Gasteiger partial charge on any atom is -0.497 e. The minimum atomic E-state index is -0.604.